The number of anilines is 2. The van der Waals surface area contributed by atoms with E-state index in [1.165, 1.54) is 28.7 Å². The normalized spacial score (nSPS) is 10.9. The summed E-state index contributed by atoms with van der Waals surface area (Å²) in [6.45, 7) is 0.588. The van der Waals surface area contributed by atoms with Gasteiger partial charge < -0.3 is 19.9 Å². The number of nitrogens with one attached hydrogen (secondary N) is 1. The molecule has 0 radical (unpaired) electrons. The Morgan fingerprint density at radius 1 is 1.05 bits per heavy atom. The summed E-state index contributed by atoms with van der Waals surface area (Å²) in [7, 11) is 1.55. The molecule has 0 aliphatic rings. The predicted octanol–water partition coefficient (Wildman–Crippen LogP) is 7.13. The van der Waals surface area contributed by atoms with Gasteiger partial charge in [0.1, 0.15) is 18.0 Å². The molecule has 2 aromatic carbocycles. The van der Waals surface area contributed by atoms with E-state index in [1.54, 1.807) is 31.5 Å². The van der Waals surface area contributed by atoms with Gasteiger partial charge in [-0.25, -0.2) is 19.2 Å². The lowest BCUT2D eigenvalue weighted by atomic mass is 10.1. The third-order valence-electron chi connectivity index (χ3n) is 5.80. The number of halogens is 1. The van der Waals surface area contributed by atoms with Crippen molar-refractivity contribution in [2.24, 2.45) is 0 Å². The van der Waals surface area contributed by atoms with Gasteiger partial charge in [0.2, 0.25) is 0 Å². The van der Waals surface area contributed by atoms with Crippen molar-refractivity contribution >= 4 is 39.6 Å². The van der Waals surface area contributed by atoms with Crippen LogP contribution in [0, 0.1) is 5.82 Å². The molecule has 5 aromatic rings. The van der Waals surface area contributed by atoms with Gasteiger partial charge in [0.25, 0.3) is 0 Å². The minimum Gasteiger partial charge on any atom is -0.488 e. The maximum Gasteiger partial charge on any atom is 0.339 e. The Hall–Kier alpha value is -4.12. The summed E-state index contributed by atoms with van der Waals surface area (Å²) in [4.78, 5) is 23.0. The molecule has 0 fully saturated rings. The number of rotatable bonds is 11. The molecule has 0 unspecified atom stereocenters. The van der Waals surface area contributed by atoms with Crippen molar-refractivity contribution in [2.75, 3.05) is 25.6 Å². The Labute approximate surface area is 232 Å². The molecule has 0 amide bonds. The van der Waals surface area contributed by atoms with Gasteiger partial charge in [0.15, 0.2) is 16.7 Å². The standard InChI is InChI=1S/C29H24FN3O4S2/c1-36-11-12-37-23-10-9-19(16-22(23)30)26-25(14-18-6-3-2-4-7-18)39-29(32-26)33-27-21(28(34)35)15-20(17-31-27)24-8-5-13-38-24/h2-10,13,15-17H,11-12,14H2,1H3,(H,34,35)(H,31,32,33). The van der Waals surface area contributed by atoms with Gasteiger partial charge in [-0.2, -0.15) is 0 Å². The highest BCUT2D eigenvalue weighted by Crippen LogP contribution is 2.36. The molecule has 0 aliphatic carbocycles. The lowest BCUT2D eigenvalue weighted by Crippen LogP contribution is -2.05. The fraction of sp³-hybridized carbons (Fsp3) is 0.138. The van der Waals surface area contributed by atoms with Crippen LogP contribution in [0.3, 0.4) is 0 Å². The quantitative estimate of drug-likeness (QED) is 0.166. The number of carbonyl (C=O) groups is 1. The highest BCUT2D eigenvalue weighted by atomic mass is 32.1. The molecule has 0 spiro atoms. The second kappa shape index (κ2) is 12.2. The first kappa shape index (κ1) is 26.5. The smallest absolute Gasteiger partial charge is 0.339 e. The van der Waals surface area contributed by atoms with Gasteiger partial charge in [-0.15, -0.1) is 22.7 Å². The van der Waals surface area contributed by atoms with Crippen LogP contribution in [0.25, 0.3) is 21.7 Å². The summed E-state index contributed by atoms with van der Waals surface area (Å²) in [5.74, 6) is -1.29. The molecular formula is C29H24FN3O4S2. The van der Waals surface area contributed by atoms with E-state index in [2.05, 4.69) is 10.3 Å². The van der Waals surface area contributed by atoms with Gasteiger partial charge in [-0.1, -0.05) is 36.4 Å². The number of carboxylic acid groups (broad SMARTS) is 1. The minimum absolute atomic E-state index is 0.0332. The molecule has 5 rings (SSSR count). The SMILES string of the molecule is COCCOc1ccc(-c2nc(Nc3ncc(-c4cccs4)cc3C(=O)O)sc2Cc2ccccc2)cc1F. The van der Waals surface area contributed by atoms with E-state index in [0.29, 0.717) is 29.4 Å². The molecule has 198 valence electrons. The molecule has 0 saturated heterocycles. The van der Waals surface area contributed by atoms with Gasteiger partial charge in [0.05, 0.1) is 12.3 Å². The zero-order valence-corrected chi connectivity index (χ0v) is 22.5. The zero-order valence-electron chi connectivity index (χ0n) is 20.9. The van der Waals surface area contributed by atoms with Gasteiger partial charge >= 0.3 is 5.97 Å². The van der Waals surface area contributed by atoms with Crippen LogP contribution in [0.15, 0.2) is 78.3 Å². The first-order chi connectivity index (χ1) is 19.0. The van der Waals surface area contributed by atoms with E-state index in [4.69, 9.17) is 14.5 Å². The number of pyridine rings is 1. The van der Waals surface area contributed by atoms with Crippen molar-refractivity contribution in [2.45, 2.75) is 6.42 Å². The van der Waals surface area contributed by atoms with E-state index in [1.807, 2.05) is 47.8 Å². The number of aromatic carboxylic acids is 1. The average molecular weight is 562 g/mol. The molecule has 7 nitrogen and oxygen atoms in total. The largest absolute Gasteiger partial charge is 0.488 e. The Morgan fingerprint density at radius 3 is 2.62 bits per heavy atom. The average Bonchev–Trinajstić information content (AvgIpc) is 3.61. The second-order valence-corrected chi connectivity index (χ2v) is 10.5. The number of aromatic nitrogens is 2. The number of carboxylic acids is 1. The number of methoxy groups -OCH3 is 1. The molecule has 2 N–H and O–H groups in total. The van der Waals surface area contributed by atoms with E-state index < -0.39 is 11.8 Å². The molecule has 3 aromatic heterocycles. The Balaban J connectivity index is 1.49. The van der Waals surface area contributed by atoms with Crippen molar-refractivity contribution in [3.05, 3.63) is 100 Å². The van der Waals surface area contributed by atoms with Gasteiger partial charge in [-0.05, 0) is 41.3 Å². The summed E-state index contributed by atoms with van der Waals surface area (Å²) in [5, 5.41) is 15.3. The monoisotopic (exact) mass is 561 g/mol. The minimum atomic E-state index is -1.10. The number of hydrogen-bond donors (Lipinski definition) is 2. The number of nitrogens with zero attached hydrogens (tertiary/aromatic N) is 2. The lowest BCUT2D eigenvalue weighted by molar-refractivity contribution is 0.0697. The predicted molar refractivity (Wildman–Crippen MR) is 152 cm³/mol. The Morgan fingerprint density at radius 2 is 1.90 bits per heavy atom. The number of hydrogen-bond acceptors (Lipinski definition) is 8. The first-order valence-corrected chi connectivity index (χ1v) is 13.7. The molecule has 0 atom stereocenters. The third-order valence-corrected chi connectivity index (χ3v) is 7.69. The van der Waals surface area contributed by atoms with Crippen LogP contribution in [0.2, 0.25) is 0 Å². The zero-order chi connectivity index (χ0) is 27.2. The van der Waals surface area contributed by atoms with Crippen LogP contribution >= 0.6 is 22.7 Å². The number of ether oxygens (including phenoxy) is 2. The molecule has 3 heterocycles. The summed E-state index contributed by atoms with van der Waals surface area (Å²) >= 11 is 2.88. The van der Waals surface area contributed by atoms with Gasteiger partial charge in [-0.3, -0.25) is 0 Å². The van der Waals surface area contributed by atoms with Crippen LogP contribution in [0.5, 0.6) is 5.75 Å². The van der Waals surface area contributed by atoms with Crippen LogP contribution in [0.1, 0.15) is 20.8 Å². The van der Waals surface area contributed by atoms with Crippen molar-refractivity contribution in [1.29, 1.82) is 0 Å². The summed E-state index contributed by atoms with van der Waals surface area (Å²) in [6, 6.07) is 20.0. The van der Waals surface area contributed by atoms with Crippen molar-refractivity contribution in [3.63, 3.8) is 0 Å². The van der Waals surface area contributed by atoms with Crippen LogP contribution < -0.4 is 10.1 Å². The van der Waals surface area contributed by atoms with Crippen LogP contribution in [-0.4, -0.2) is 41.4 Å². The summed E-state index contributed by atoms with van der Waals surface area (Å²) < 4.78 is 25.3. The lowest BCUT2D eigenvalue weighted by Gasteiger charge is -2.09. The molecule has 0 saturated carbocycles. The maximum atomic E-state index is 14.9. The van der Waals surface area contributed by atoms with E-state index in [-0.39, 0.29) is 23.7 Å². The topological polar surface area (TPSA) is 93.6 Å². The van der Waals surface area contributed by atoms with Crippen molar-refractivity contribution < 1.29 is 23.8 Å². The fourth-order valence-electron chi connectivity index (χ4n) is 3.94. The Kier molecular flexibility index (Phi) is 8.26. The van der Waals surface area contributed by atoms with E-state index >= 15 is 0 Å². The maximum absolute atomic E-state index is 14.9. The number of benzene rings is 2. The van der Waals surface area contributed by atoms with Gasteiger partial charge in [0, 0.05) is 40.6 Å². The van der Waals surface area contributed by atoms with E-state index in [0.717, 1.165) is 20.9 Å². The Bertz CT molecular complexity index is 1570. The van der Waals surface area contributed by atoms with Crippen molar-refractivity contribution in [3.8, 4) is 27.4 Å². The molecule has 10 heteroatoms. The van der Waals surface area contributed by atoms with Crippen LogP contribution in [0.4, 0.5) is 15.3 Å². The molecule has 0 bridgehead atoms. The first-order valence-electron chi connectivity index (χ1n) is 12.0. The third kappa shape index (κ3) is 6.31. The second-order valence-electron chi connectivity index (χ2n) is 8.47. The number of thiazole rings is 1. The van der Waals surface area contributed by atoms with Crippen molar-refractivity contribution in [1.82, 2.24) is 9.97 Å². The van der Waals surface area contributed by atoms with Crippen LogP contribution in [-0.2, 0) is 11.2 Å². The summed E-state index contributed by atoms with van der Waals surface area (Å²) in [5.41, 5.74) is 3.01. The fourth-order valence-corrected chi connectivity index (χ4v) is 5.66. The highest BCUT2D eigenvalue weighted by molar-refractivity contribution is 7.16. The molecule has 39 heavy (non-hydrogen) atoms. The summed E-state index contributed by atoms with van der Waals surface area (Å²) in [6.07, 6.45) is 2.21. The number of thiophene rings is 1. The molecule has 0 aliphatic heterocycles. The van der Waals surface area contributed by atoms with E-state index in [9.17, 15) is 14.3 Å². The highest BCUT2D eigenvalue weighted by Gasteiger charge is 2.19. The molecular weight excluding hydrogens is 537 g/mol.